The standard InChI is InChI=1S/C9H13NO/c1-10(7-8-11)9-5-3-2-4-6-9/h2-6,11H,7-8H2,1H3. The molecule has 1 rings (SSSR count). The molecule has 0 aromatic heterocycles. The van der Waals surface area contributed by atoms with Crippen LogP contribution >= 0.6 is 0 Å². The molecule has 0 saturated heterocycles. The summed E-state index contributed by atoms with van der Waals surface area (Å²) in [6.07, 6.45) is 0. The maximum Gasteiger partial charge on any atom is 0.0606 e. The molecule has 0 amide bonds. The molecule has 0 aliphatic heterocycles. The summed E-state index contributed by atoms with van der Waals surface area (Å²) < 4.78 is 0. The lowest BCUT2D eigenvalue weighted by atomic mass is 10.3. The number of benzene rings is 1. The minimum atomic E-state index is 0.200. The number of para-hydroxylation sites is 1. The van der Waals surface area contributed by atoms with Gasteiger partial charge in [-0.1, -0.05) is 18.2 Å². The number of aliphatic hydroxyl groups excluding tert-OH is 1. The zero-order valence-corrected chi connectivity index (χ0v) is 6.70. The fraction of sp³-hybridized carbons (Fsp3) is 0.333. The number of likely N-dealkylation sites (N-methyl/N-ethyl adjacent to an activating group) is 1. The van der Waals surface area contributed by atoms with Crippen LogP contribution in [0.5, 0.6) is 0 Å². The van der Waals surface area contributed by atoms with Gasteiger partial charge in [-0.2, -0.15) is 0 Å². The summed E-state index contributed by atoms with van der Waals surface area (Å²) in [7, 11) is 1.96. The van der Waals surface area contributed by atoms with Crippen molar-refractivity contribution in [3.05, 3.63) is 30.3 Å². The van der Waals surface area contributed by atoms with E-state index >= 15 is 0 Å². The Hall–Kier alpha value is -1.02. The van der Waals surface area contributed by atoms with Crippen LogP contribution < -0.4 is 4.90 Å². The Morgan fingerprint density at radius 2 is 1.91 bits per heavy atom. The highest BCUT2D eigenvalue weighted by atomic mass is 16.3. The van der Waals surface area contributed by atoms with Gasteiger partial charge in [-0.3, -0.25) is 0 Å². The van der Waals surface area contributed by atoms with Crippen molar-refractivity contribution in [1.82, 2.24) is 0 Å². The molecule has 0 radical (unpaired) electrons. The molecule has 11 heavy (non-hydrogen) atoms. The monoisotopic (exact) mass is 151 g/mol. The van der Waals surface area contributed by atoms with Gasteiger partial charge in [0.05, 0.1) is 6.61 Å². The van der Waals surface area contributed by atoms with E-state index in [1.165, 1.54) is 0 Å². The molecule has 0 bridgehead atoms. The van der Waals surface area contributed by atoms with Crippen LogP contribution in [-0.2, 0) is 0 Å². The number of nitrogens with zero attached hydrogens (tertiary/aromatic N) is 1. The van der Waals surface area contributed by atoms with Gasteiger partial charge in [-0.15, -0.1) is 0 Å². The normalized spacial score (nSPS) is 9.64. The lowest BCUT2D eigenvalue weighted by molar-refractivity contribution is 0.304. The van der Waals surface area contributed by atoms with Gasteiger partial charge in [0.15, 0.2) is 0 Å². The highest BCUT2D eigenvalue weighted by molar-refractivity contribution is 5.44. The molecule has 1 aromatic carbocycles. The summed E-state index contributed by atoms with van der Waals surface area (Å²) in [6.45, 7) is 0.884. The lowest BCUT2D eigenvalue weighted by Gasteiger charge is -2.17. The molecule has 0 atom stereocenters. The molecule has 0 aliphatic rings. The molecular weight excluding hydrogens is 138 g/mol. The van der Waals surface area contributed by atoms with Crippen LogP contribution in [0.3, 0.4) is 0 Å². The average molecular weight is 151 g/mol. The van der Waals surface area contributed by atoms with Crippen LogP contribution in [0.4, 0.5) is 5.69 Å². The van der Waals surface area contributed by atoms with Gasteiger partial charge in [0.1, 0.15) is 0 Å². The Bertz CT molecular complexity index is 198. The van der Waals surface area contributed by atoms with Crippen molar-refractivity contribution in [1.29, 1.82) is 0 Å². The molecule has 2 nitrogen and oxygen atoms in total. The van der Waals surface area contributed by atoms with Crippen molar-refractivity contribution < 1.29 is 5.11 Å². The number of aliphatic hydroxyl groups is 1. The maximum atomic E-state index is 8.66. The van der Waals surface area contributed by atoms with Crippen LogP contribution in [0.1, 0.15) is 0 Å². The number of rotatable bonds is 3. The van der Waals surface area contributed by atoms with E-state index in [2.05, 4.69) is 0 Å². The van der Waals surface area contributed by atoms with Gasteiger partial charge in [0, 0.05) is 19.3 Å². The van der Waals surface area contributed by atoms with Gasteiger partial charge < -0.3 is 10.0 Å². The minimum absolute atomic E-state index is 0.200. The highest BCUT2D eigenvalue weighted by Crippen LogP contribution is 2.09. The van der Waals surface area contributed by atoms with Crippen molar-refractivity contribution in [3.63, 3.8) is 0 Å². The third-order valence-corrected chi connectivity index (χ3v) is 1.63. The fourth-order valence-electron chi connectivity index (χ4n) is 0.962. The van der Waals surface area contributed by atoms with Crippen molar-refractivity contribution in [2.75, 3.05) is 25.1 Å². The van der Waals surface area contributed by atoms with E-state index < -0.39 is 0 Å². The van der Waals surface area contributed by atoms with Crippen molar-refractivity contribution in [2.45, 2.75) is 0 Å². The quantitative estimate of drug-likeness (QED) is 0.699. The Balaban J connectivity index is 2.61. The second-order valence-corrected chi connectivity index (χ2v) is 2.48. The van der Waals surface area contributed by atoms with E-state index in [-0.39, 0.29) is 6.61 Å². The Morgan fingerprint density at radius 3 is 2.45 bits per heavy atom. The van der Waals surface area contributed by atoms with Gasteiger partial charge in [-0.25, -0.2) is 0 Å². The van der Waals surface area contributed by atoms with Crippen LogP contribution in [0, 0.1) is 0 Å². The fourth-order valence-corrected chi connectivity index (χ4v) is 0.962. The molecular formula is C9H13NO. The second-order valence-electron chi connectivity index (χ2n) is 2.48. The first-order valence-corrected chi connectivity index (χ1v) is 3.71. The SMILES string of the molecule is CN(CCO)c1ccccc1. The summed E-state index contributed by atoms with van der Waals surface area (Å²) in [6, 6.07) is 10.0. The molecule has 2 heteroatoms. The van der Waals surface area contributed by atoms with Crippen molar-refractivity contribution in [2.24, 2.45) is 0 Å². The Morgan fingerprint density at radius 1 is 1.27 bits per heavy atom. The molecule has 0 aliphatic carbocycles. The molecule has 60 valence electrons. The van der Waals surface area contributed by atoms with Crippen molar-refractivity contribution >= 4 is 5.69 Å². The largest absolute Gasteiger partial charge is 0.395 e. The topological polar surface area (TPSA) is 23.5 Å². The first kappa shape index (κ1) is 8.08. The summed E-state index contributed by atoms with van der Waals surface area (Å²) in [5, 5.41) is 8.66. The third-order valence-electron chi connectivity index (χ3n) is 1.63. The first-order chi connectivity index (χ1) is 5.34. The van der Waals surface area contributed by atoms with E-state index in [9.17, 15) is 0 Å². The molecule has 0 saturated carbocycles. The van der Waals surface area contributed by atoms with Gasteiger partial charge in [-0.05, 0) is 12.1 Å². The van der Waals surface area contributed by atoms with Gasteiger partial charge >= 0.3 is 0 Å². The number of hydrogen-bond donors (Lipinski definition) is 1. The molecule has 0 unspecified atom stereocenters. The smallest absolute Gasteiger partial charge is 0.0606 e. The lowest BCUT2D eigenvalue weighted by Crippen LogP contribution is -2.20. The zero-order chi connectivity index (χ0) is 8.10. The van der Waals surface area contributed by atoms with Crippen LogP contribution in [-0.4, -0.2) is 25.3 Å². The zero-order valence-electron chi connectivity index (χ0n) is 6.70. The third kappa shape index (κ3) is 2.24. The molecule has 1 aromatic rings. The van der Waals surface area contributed by atoms with Crippen molar-refractivity contribution in [3.8, 4) is 0 Å². The predicted octanol–water partition coefficient (Wildman–Crippen LogP) is 1.12. The van der Waals surface area contributed by atoms with E-state index in [0.717, 1.165) is 5.69 Å². The molecule has 0 spiro atoms. The predicted molar refractivity (Wildman–Crippen MR) is 46.8 cm³/mol. The van der Waals surface area contributed by atoms with E-state index in [0.29, 0.717) is 6.54 Å². The van der Waals surface area contributed by atoms with E-state index in [4.69, 9.17) is 5.11 Å². The summed E-state index contributed by atoms with van der Waals surface area (Å²) in [5.74, 6) is 0. The molecule has 0 fully saturated rings. The molecule has 0 heterocycles. The second kappa shape index (κ2) is 3.98. The van der Waals surface area contributed by atoms with Crippen LogP contribution in [0.25, 0.3) is 0 Å². The van der Waals surface area contributed by atoms with E-state index in [1.807, 2.05) is 42.3 Å². The van der Waals surface area contributed by atoms with Gasteiger partial charge in [0.2, 0.25) is 0 Å². The van der Waals surface area contributed by atoms with Crippen LogP contribution in [0.15, 0.2) is 30.3 Å². The maximum absolute atomic E-state index is 8.66. The highest BCUT2D eigenvalue weighted by Gasteiger charge is 1.95. The Labute approximate surface area is 67.1 Å². The van der Waals surface area contributed by atoms with Gasteiger partial charge in [0.25, 0.3) is 0 Å². The average Bonchev–Trinajstić information content (AvgIpc) is 2.07. The molecule has 1 N–H and O–H groups in total. The summed E-state index contributed by atoms with van der Waals surface area (Å²) >= 11 is 0. The number of hydrogen-bond acceptors (Lipinski definition) is 2. The van der Waals surface area contributed by atoms with Crippen LogP contribution in [0.2, 0.25) is 0 Å². The van der Waals surface area contributed by atoms with E-state index in [1.54, 1.807) is 0 Å². The summed E-state index contributed by atoms with van der Waals surface area (Å²) in [4.78, 5) is 2.01. The first-order valence-electron chi connectivity index (χ1n) is 3.71. The Kier molecular flexibility index (Phi) is 2.93. The summed E-state index contributed by atoms with van der Waals surface area (Å²) in [5.41, 5.74) is 1.14. The number of anilines is 1. The minimum Gasteiger partial charge on any atom is -0.395 e.